The second-order valence-corrected chi connectivity index (χ2v) is 5.34. The minimum Gasteiger partial charge on any atom is -0.325 e. The molecule has 2 rings (SSSR count). The molecule has 0 radical (unpaired) electrons. The number of carbonyl (C=O) groups is 2. The fourth-order valence-corrected chi connectivity index (χ4v) is 2.18. The number of rotatable bonds is 3. The van der Waals surface area contributed by atoms with Crippen LogP contribution >= 0.6 is 11.6 Å². The fraction of sp³-hybridized carbons (Fsp3) is 0.125. The lowest BCUT2D eigenvalue weighted by molar-refractivity contribution is -0.114. The highest BCUT2D eigenvalue weighted by atomic mass is 35.5. The second-order valence-electron chi connectivity index (χ2n) is 4.93. The zero-order chi connectivity index (χ0) is 17.1. The fourth-order valence-electron chi connectivity index (χ4n) is 1.95. The molecule has 2 aromatic carbocycles. The van der Waals surface area contributed by atoms with Gasteiger partial charge in [0.1, 0.15) is 0 Å². The summed E-state index contributed by atoms with van der Waals surface area (Å²) in [4.78, 5) is 23.5. The number of nitrogens with one attached hydrogen (secondary N) is 2. The van der Waals surface area contributed by atoms with Gasteiger partial charge < -0.3 is 10.6 Å². The van der Waals surface area contributed by atoms with E-state index in [2.05, 4.69) is 10.6 Å². The Morgan fingerprint density at radius 3 is 2.30 bits per heavy atom. The van der Waals surface area contributed by atoms with Crippen molar-refractivity contribution in [1.29, 1.82) is 0 Å². The summed E-state index contributed by atoms with van der Waals surface area (Å²) >= 11 is 5.78. The molecule has 0 aromatic heterocycles. The number of benzene rings is 2. The number of amides is 2. The predicted octanol–water partition coefficient (Wildman–Crippen LogP) is 4.14. The smallest absolute Gasteiger partial charge is 0.257 e. The Bertz CT molecular complexity index is 794. The van der Waals surface area contributed by atoms with E-state index >= 15 is 0 Å². The first-order chi connectivity index (χ1) is 10.8. The Balaban J connectivity index is 2.35. The number of halogens is 3. The van der Waals surface area contributed by atoms with Crippen molar-refractivity contribution < 1.29 is 18.4 Å². The van der Waals surface area contributed by atoms with Gasteiger partial charge in [-0.2, -0.15) is 0 Å². The van der Waals surface area contributed by atoms with E-state index in [-0.39, 0.29) is 16.5 Å². The molecule has 2 N–H and O–H groups in total. The van der Waals surface area contributed by atoms with Crippen LogP contribution in [0.25, 0.3) is 0 Å². The van der Waals surface area contributed by atoms with Gasteiger partial charge in [0.2, 0.25) is 5.91 Å². The summed E-state index contributed by atoms with van der Waals surface area (Å²) in [7, 11) is 0. The normalized spacial score (nSPS) is 10.3. The van der Waals surface area contributed by atoms with E-state index in [0.29, 0.717) is 11.4 Å². The van der Waals surface area contributed by atoms with E-state index in [1.807, 2.05) is 0 Å². The number of hydrogen-bond acceptors (Lipinski definition) is 2. The quantitative estimate of drug-likeness (QED) is 0.826. The van der Waals surface area contributed by atoms with Crippen molar-refractivity contribution in [2.45, 2.75) is 13.8 Å². The van der Waals surface area contributed by atoms with E-state index in [9.17, 15) is 18.4 Å². The SMILES string of the molecule is CC(=O)Nc1ccc(C)cc1NC(=O)c1cc(F)c(F)cc1Cl. The van der Waals surface area contributed by atoms with Crippen LogP contribution in [0.15, 0.2) is 30.3 Å². The van der Waals surface area contributed by atoms with Gasteiger partial charge in [-0.3, -0.25) is 9.59 Å². The molecule has 0 atom stereocenters. The van der Waals surface area contributed by atoms with Gasteiger partial charge in [-0.05, 0) is 36.8 Å². The van der Waals surface area contributed by atoms with Crippen LogP contribution in [0.4, 0.5) is 20.2 Å². The van der Waals surface area contributed by atoms with Crippen molar-refractivity contribution >= 4 is 34.8 Å². The summed E-state index contributed by atoms with van der Waals surface area (Å²) in [5.74, 6) is -3.34. The van der Waals surface area contributed by atoms with Crippen LogP contribution in [0.2, 0.25) is 5.02 Å². The third-order valence-electron chi connectivity index (χ3n) is 2.99. The first-order valence-corrected chi connectivity index (χ1v) is 7.00. The molecule has 2 amide bonds. The zero-order valence-corrected chi connectivity index (χ0v) is 13.1. The molecule has 0 aliphatic carbocycles. The zero-order valence-electron chi connectivity index (χ0n) is 12.3. The first-order valence-electron chi connectivity index (χ1n) is 6.62. The summed E-state index contributed by atoms with van der Waals surface area (Å²) in [5, 5.41) is 4.89. The molecule has 0 spiro atoms. The minimum atomic E-state index is -1.18. The number of aryl methyl sites for hydroxylation is 1. The third-order valence-corrected chi connectivity index (χ3v) is 3.30. The van der Waals surface area contributed by atoms with E-state index < -0.39 is 17.5 Å². The molecule has 23 heavy (non-hydrogen) atoms. The molecule has 7 heteroatoms. The Kier molecular flexibility index (Phi) is 4.95. The summed E-state index contributed by atoms with van der Waals surface area (Å²) in [6, 6.07) is 6.47. The van der Waals surface area contributed by atoms with Crippen LogP contribution < -0.4 is 10.6 Å². The molecule has 0 saturated heterocycles. The van der Waals surface area contributed by atoms with Crippen LogP contribution in [0.1, 0.15) is 22.8 Å². The van der Waals surface area contributed by atoms with Crippen molar-refractivity contribution in [2.24, 2.45) is 0 Å². The lowest BCUT2D eigenvalue weighted by atomic mass is 10.1. The van der Waals surface area contributed by atoms with Gasteiger partial charge in [-0.25, -0.2) is 8.78 Å². The lowest BCUT2D eigenvalue weighted by Gasteiger charge is -2.13. The van der Waals surface area contributed by atoms with Crippen molar-refractivity contribution in [3.8, 4) is 0 Å². The van der Waals surface area contributed by atoms with Crippen LogP contribution in [-0.4, -0.2) is 11.8 Å². The van der Waals surface area contributed by atoms with Gasteiger partial charge in [0.15, 0.2) is 11.6 Å². The topological polar surface area (TPSA) is 58.2 Å². The van der Waals surface area contributed by atoms with Gasteiger partial charge in [0.25, 0.3) is 5.91 Å². The van der Waals surface area contributed by atoms with Crippen LogP contribution in [0.5, 0.6) is 0 Å². The molecule has 2 aromatic rings. The monoisotopic (exact) mass is 338 g/mol. The highest BCUT2D eigenvalue weighted by Crippen LogP contribution is 2.26. The number of carbonyl (C=O) groups excluding carboxylic acids is 2. The molecule has 0 unspecified atom stereocenters. The lowest BCUT2D eigenvalue weighted by Crippen LogP contribution is -2.16. The molecule has 4 nitrogen and oxygen atoms in total. The molecular weight excluding hydrogens is 326 g/mol. The van der Waals surface area contributed by atoms with Gasteiger partial charge in [0.05, 0.1) is 22.0 Å². The van der Waals surface area contributed by atoms with Crippen molar-refractivity contribution in [3.63, 3.8) is 0 Å². The molecule has 0 heterocycles. The third kappa shape index (κ3) is 4.04. The van der Waals surface area contributed by atoms with Crippen molar-refractivity contribution in [3.05, 3.63) is 58.1 Å². The van der Waals surface area contributed by atoms with Gasteiger partial charge >= 0.3 is 0 Å². The highest BCUT2D eigenvalue weighted by molar-refractivity contribution is 6.34. The van der Waals surface area contributed by atoms with Gasteiger partial charge in [-0.1, -0.05) is 17.7 Å². The largest absolute Gasteiger partial charge is 0.325 e. The summed E-state index contributed by atoms with van der Waals surface area (Å²) in [6.45, 7) is 3.13. The van der Waals surface area contributed by atoms with Gasteiger partial charge in [0, 0.05) is 6.92 Å². The molecule has 0 fully saturated rings. The Labute approximate surface area is 136 Å². The van der Waals surface area contributed by atoms with Crippen molar-refractivity contribution in [2.75, 3.05) is 10.6 Å². The van der Waals surface area contributed by atoms with Gasteiger partial charge in [-0.15, -0.1) is 0 Å². The van der Waals surface area contributed by atoms with Crippen LogP contribution in [-0.2, 0) is 4.79 Å². The Hall–Kier alpha value is -2.47. The minimum absolute atomic E-state index is 0.208. The Morgan fingerprint density at radius 2 is 1.65 bits per heavy atom. The molecule has 0 bridgehead atoms. The Morgan fingerprint density at radius 1 is 1.00 bits per heavy atom. The summed E-state index contributed by atoms with van der Waals surface area (Å²) in [6.07, 6.45) is 0. The molecular formula is C16H13ClF2N2O2. The predicted molar refractivity (Wildman–Crippen MR) is 84.8 cm³/mol. The maximum Gasteiger partial charge on any atom is 0.257 e. The average molecular weight is 339 g/mol. The van der Waals surface area contributed by atoms with E-state index in [1.54, 1.807) is 25.1 Å². The average Bonchev–Trinajstić information content (AvgIpc) is 2.45. The van der Waals surface area contributed by atoms with Crippen LogP contribution in [0.3, 0.4) is 0 Å². The van der Waals surface area contributed by atoms with E-state index in [4.69, 9.17) is 11.6 Å². The molecule has 120 valence electrons. The van der Waals surface area contributed by atoms with E-state index in [1.165, 1.54) is 6.92 Å². The molecule has 0 aliphatic rings. The maximum atomic E-state index is 13.3. The molecule has 0 aliphatic heterocycles. The summed E-state index contributed by atoms with van der Waals surface area (Å²) in [5.41, 5.74) is 1.34. The standard InChI is InChI=1S/C16H13ClF2N2O2/c1-8-3-4-14(20-9(2)22)15(5-8)21-16(23)10-6-12(18)13(19)7-11(10)17/h3-7H,1-2H3,(H,20,22)(H,21,23). The highest BCUT2D eigenvalue weighted by Gasteiger charge is 2.16. The maximum absolute atomic E-state index is 13.3. The molecule has 0 saturated carbocycles. The van der Waals surface area contributed by atoms with E-state index in [0.717, 1.165) is 17.7 Å². The number of hydrogen-bond donors (Lipinski definition) is 2. The summed E-state index contributed by atoms with van der Waals surface area (Å²) < 4.78 is 26.4. The first kappa shape index (κ1) is 16.9. The second kappa shape index (κ2) is 6.75. The van der Waals surface area contributed by atoms with Crippen LogP contribution in [0, 0.1) is 18.6 Å². The number of anilines is 2. The van der Waals surface area contributed by atoms with Crippen molar-refractivity contribution in [1.82, 2.24) is 0 Å².